The lowest BCUT2D eigenvalue weighted by atomic mass is 10.0. The van der Waals surface area contributed by atoms with Crippen LogP contribution in [0.15, 0.2) is 42.5 Å². The summed E-state index contributed by atoms with van der Waals surface area (Å²) in [5, 5.41) is 9.49. The molecule has 2 aromatic rings. The zero-order chi connectivity index (χ0) is 12.3. The van der Waals surface area contributed by atoms with Crippen molar-refractivity contribution < 1.29 is 14.6 Å². The highest BCUT2D eigenvalue weighted by molar-refractivity contribution is 5.77. The van der Waals surface area contributed by atoms with Crippen molar-refractivity contribution in [3.05, 3.63) is 48.0 Å². The van der Waals surface area contributed by atoms with Crippen LogP contribution in [-0.2, 0) is 0 Å². The minimum absolute atomic E-state index is 0.112. The molecule has 2 rings (SSSR count). The van der Waals surface area contributed by atoms with Crippen molar-refractivity contribution in [3.8, 4) is 22.6 Å². The molecular weight excluding hydrogens is 216 g/mol. The number of aldehydes is 1. The zero-order valence-electron chi connectivity index (χ0n) is 9.38. The van der Waals surface area contributed by atoms with E-state index >= 15 is 0 Å². The van der Waals surface area contributed by atoms with Gasteiger partial charge in [0.25, 0.3) is 0 Å². The Balaban J connectivity index is 2.41. The van der Waals surface area contributed by atoms with Crippen molar-refractivity contribution in [2.75, 3.05) is 7.11 Å². The Hall–Kier alpha value is -2.29. The second kappa shape index (κ2) is 4.70. The molecule has 0 aromatic heterocycles. The molecule has 0 amide bonds. The van der Waals surface area contributed by atoms with Crippen molar-refractivity contribution in [2.45, 2.75) is 0 Å². The summed E-state index contributed by atoms with van der Waals surface area (Å²) in [6.45, 7) is 0. The van der Waals surface area contributed by atoms with Crippen LogP contribution >= 0.6 is 0 Å². The second-order valence-electron chi connectivity index (χ2n) is 3.63. The molecule has 0 bridgehead atoms. The van der Waals surface area contributed by atoms with Gasteiger partial charge >= 0.3 is 0 Å². The van der Waals surface area contributed by atoms with Gasteiger partial charge in [-0.25, -0.2) is 0 Å². The summed E-state index contributed by atoms with van der Waals surface area (Å²) in [7, 11) is 1.51. The second-order valence-corrected chi connectivity index (χ2v) is 3.63. The lowest BCUT2D eigenvalue weighted by Crippen LogP contribution is -1.86. The number of methoxy groups -OCH3 is 1. The van der Waals surface area contributed by atoms with E-state index in [-0.39, 0.29) is 5.75 Å². The minimum Gasteiger partial charge on any atom is -0.504 e. The van der Waals surface area contributed by atoms with Gasteiger partial charge in [-0.1, -0.05) is 30.3 Å². The van der Waals surface area contributed by atoms with Crippen molar-refractivity contribution in [3.63, 3.8) is 0 Å². The summed E-state index contributed by atoms with van der Waals surface area (Å²) in [6.07, 6.45) is 0.807. The average Bonchev–Trinajstić information content (AvgIpc) is 2.39. The number of ether oxygens (including phenoxy) is 1. The van der Waals surface area contributed by atoms with Crippen LogP contribution in [0.2, 0.25) is 0 Å². The molecule has 0 unspecified atom stereocenters. The molecule has 86 valence electrons. The summed E-state index contributed by atoms with van der Waals surface area (Å²) in [6, 6.07) is 12.4. The van der Waals surface area contributed by atoms with Crippen LogP contribution < -0.4 is 4.74 Å². The van der Waals surface area contributed by atoms with Crippen molar-refractivity contribution in [1.82, 2.24) is 0 Å². The highest BCUT2D eigenvalue weighted by Gasteiger charge is 2.04. The molecule has 0 aliphatic rings. The van der Waals surface area contributed by atoms with Crippen LogP contribution in [0.4, 0.5) is 0 Å². The Morgan fingerprint density at radius 2 is 1.71 bits per heavy atom. The van der Waals surface area contributed by atoms with Crippen LogP contribution in [0.3, 0.4) is 0 Å². The molecule has 1 N–H and O–H groups in total. The van der Waals surface area contributed by atoms with Crippen LogP contribution in [-0.4, -0.2) is 18.5 Å². The molecule has 0 atom stereocenters. The Kier molecular flexibility index (Phi) is 3.10. The largest absolute Gasteiger partial charge is 0.504 e. The molecule has 0 aliphatic carbocycles. The van der Waals surface area contributed by atoms with Gasteiger partial charge in [0.05, 0.1) is 7.11 Å². The third-order valence-electron chi connectivity index (χ3n) is 2.56. The maximum Gasteiger partial charge on any atom is 0.161 e. The Morgan fingerprint density at radius 3 is 2.29 bits per heavy atom. The summed E-state index contributed by atoms with van der Waals surface area (Å²) in [5.41, 5.74) is 2.53. The fourth-order valence-corrected chi connectivity index (χ4v) is 1.61. The van der Waals surface area contributed by atoms with Gasteiger partial charge in [0.1, 0.15) is 6.29 Å². The van der Waals surface area contributed by atoms with E-state index in [1.807, 2.05) is 12.1 Å². The average molecular weight is 228 g/mol. The molecule has 2 aromatic carbocycles. The van der Waals surface area contributed by atoms with Crippen molar-refractivity contribution in [1.29, 1.82) is 0 Å². The van der Waals surface area contributed by atoms with Gasteiger partial charge in [-0.05, 0) is 23.3 Å². The molecule has 0 saturated heterocycles. The third kappa shape index (κ3) is 2.28. The first-order valence-electron chi connectivity index (χ1n) is 5.17. The van der Waals surface area contributed by atoms with E-state index in [2.05, 4.69) is 0 Å². The summed E-state index contributed by atoms with van der Waals surface area (Å²) in [4.78, 5) is 10.5. The molecule has 0 heterocycles. The first-order valence-corrected chi connectivity index (χ1v) is 5.17. The predicted octanol–water partition coefficient (Wildman–Crippen LogP) is 2.88. The molecule has 0 fully saturated rings. The smallest absolute Gasteiger partial charge is 0.161 e. The van der Waals surface area contributed by atoms with E-state index in [9.17, 15) is 9.90 Å². The van der Waals surface area contributed by atoms with Gasteiger partial charge in [0, 0.05) is 5.56 Å². The van der Waals surface area contributed by atoms with E-state index in [0.717, 1.165) is 17.4 Å². The molecule has 0 radical (unpaired) electrons. The van der Waals surface area contributed by atoms with E-state index < -0.39 is 0 Å². The minimum atomic E-state index is 0.112. The van der Waals surface area contributed by atoms with Crippen molar-refractivity contribution in [2.24, 2.45) is 0 Å². The molecule has 3 nitrogen and oxygen atoms in total. The monoisotopic (exact) mass is 228 g/mol. The first-order chi connectivity index (χ1) is 8.24. The zero-order valence-corrected chi connectivity index (χ0v) is 9.38. The fourth-order valence-electron chi connectivity index (χ4n) is 1.61. The normalized spacial score (nSPS) is 9.94. The Bertz CT molecular complexity index is 530. The number of rotatable bonds is 3. The SMILES string of the molecule is COc1cc(-c2ccc(C=O)cc2)ccc1O. The van der Waals surface area contributed by atoms with Crippen LogP contribution in [0.5, 0.6) is 11.5 Å². The maximum atomic E-state index is 10.5. The highest BCUT2D eigenvalue weighted by atomic mass is 16.5. The molecule has 17 heavy (non-hydrogen) atoms. The summed E-state index contributed by atoms with van der Waals surface area (Å²) in [5.74, 6) is 0.544. The molecule has 0 spiro atoms. The fraction of sp³-hybridized carbons (Fsp3) is 0.0714. The number of phenolic OH excluding ortho intramolecular Hbond substituents is 1. The van der Waals surface area contributed by atoms with E-state index in [1.54, 1.807) is 30.3 Å². The molecule has 3 heteroatoms. The lowest BCUT2D eigenvalue weighted by Gasteiger charge is -2.06. The van der Waals surface area contributed by atoms with Gasteiger partial charge in [-0.15, -0.1) is 0 Å². The molecular formula is C14H12O3. The number of carbonyl (C=O) groups excluding carboxylic acids is 1. The van der Waals surface area contributed by atoms with E-state index in [1.165, 1.54) is 7.11 Å². The van der Waals surface area contributed by atoms with Crippen LogP contribution in [0.25, 0.3) is 11.1 Å². The highest BCUT2D eigenvalue weighted by Crippen LogP contribution is 2.31. The molecule has 0 aliphatic heterocycles. The first kappa shape index (κ1) is 11.2. The van der Waals surface area contributed by atoms with Gasteiger partial charge in [-0.2, -0.15) is 0 Å². The van der Waals surface area contributed by atoms with E-state index in [0.29, 0.717) is 11.3 Å². The third-order valence-corrected chi connectivity index (χ3v) is 2.56. The summed E-state index contributed by atoms with van der Waals surface area (Å²) >= 11 is 0. The van der Waals surface area contributed by atoms with Crippen molar-refractivity contribution >= 4 is 6.29 Å². The number of phenols is 1. The predicted molar refractivity (Wildman–Crippen MR) is 65.5 cm³/mol. The quantitative estimate of drug-likeness (QED) is 0.821. The number of aromatic hydroxyl groups is 1. The summed E-state index contributed by atoms with van der Waals surface area (Å²) < 4.78 is 5.05. The Labute approximate surface area is 99.3 Å². The lowest BCUT2D eigenvalue weighted by molar-refractivity contribution is 0.112. The molecule has 0 saturated carbocycles. The number of benzene rings is 2. The van der Waals surface area contributed by atoms with Gasteiger partial charge in [0.2, 0.25) is 0 Å². The standard InChI is InChI=1S/C14H12O3/c1-17-14-8-12(6-7-13(14)16)11-4-2-10(9-15)3-5-11/h2-9,16H,1H3. The van der Waals surface area contributed by atoms with Crippen LogP contribution in [0, 0.1) is 0 Å². The van der Waals surface area contributed by atoms with Gasteiger partial charge in [0.15, 0.2) is 11.5 Å². The maximum absolute atomic E-state index is 10.5. The Morgan fingerprint density at radius 1 is 1.06 bits per heavy atom. The van der Waals surface area contributed by atoms with Gasteiger partial charge in [-0.3, -0.25) is 4.79 Å². The number of hydrogen-bond acceptors (Lipinski definition) is 3. The topological polar surface area (TPSA) is 46.5 Å². The van der Waals surface area contributed by atoms with Crippen LogP contribution in [0.1, 0.15) is 10.4 Å². The number of carbonyl (C=O) groups is 1. The number of hydrogen-bond donors (Lipinski definition) is 1. The van der Waals surface area contributed by atoms with E-state index in [4.69, 9.17) is 4.74 Å². The van der Waals surface area contributed by atoms with Gasteiger partial charge < -0.3 is 9.84 Å².